The topological polar surface area (TPSA) is 78.3 Å². The molecular formula is C14H16N4O3S. The van der Waals surface area contributed by atoms with Crippen LogP contribution in [-0.2, 0) is 11.8 Å². The Morgan fingerprint density at radius 2 is 2.09 bits per heavy atom. The van der Waals surface area contributed by atoms with Crippen molar-refractivity contribution in [3.63, 3.8) is 0 Å². The van der Waals surface area contributed by atoms with Crippen molar-refractivity contribution in [3.8, 4) is 11.5 Å². The number of carbonyl (C=O) groups excluding carboxylic acids is 1. The van der Waals surface area contributed by atoms with E-state index in [-0.39, 0.29) is 11.7 Å². The van der Waals surface area contributed by atoms with E-state index in [1.54, 1.807) is 18.2 Å². The van der Waals surface area contributed by atoms with Gasteiger partial charge in [-0.15, -0.1) is 10.2 Å². The Morgan fingerprint density at radius 1 is 1.32 bits per heavy atom. The molecule has 0 bridgehead atoms. The van der Waals surface area contributed by atoms with Crippen LogP contribution in [0, 0.1) is 6.92 Å². The van der Waals surface area contributed by atoms with E-state index in [2.05, 4.69) is 15.5 Å². The largest absolute Gasteiger partial charge is 0.486 e. The fourth-order valence-corrected chi connectivity index (χ4v) is 2.72. The number of rotatable bonds is 4. The van der Waals surface area contributed by atoms with Gasteiger partial charge in [-0.3, -0.25) is 4.79 Å². The third-order valence-corrected chi connectivity index (χ3v) is 4.23. The standard InChI is InChI=1S/C14H16N4O3S/c1-9-16-17-14(18(9)2)22-8-13(19)15-10-3-4-11-12(7-10)21-6-5-20-11/h3-4,7H,5-6,8H2,1-2H3,(H,15,19). The second kappa shape index (κ2) is 6.27. The Kier molecular flexibility index (Phi) is 4.19. The summed E-state index contributed by atoms with van der Waals surface area (Å²) in [7, 11) is 1.87. The molecular weight excluding hydrogens is 304 g/mol. The van der Waals surface area contributed by atoms with Crippen LogP contribution in [-0.4, -0.2) is 39.6 Å². The summed E-state index contributed by atoms with van der Waals surface area (Å²) in [6.07, 6.45) is 0. The number of fused-ring (bicyclic) bond motifs is 1. The number of hydrogen-bond donors (Lipinski definition) is 1. The number of thioether (sulfide) groups is 1. The molecule has 1 N–H and O–H groups in total. The molecule has 0 unspecified atom stereocenters. The third-order valence-electron chi connectivity index (χ3n) is 3.21. The van der Waals surface area contributed by atoms with Gasteiger partial charge in [-0.25, -0.2) is 0 Å². The van der Waals surface area contributed by atoms with Crippen molar-refractivity contribution in [1.29, 1.82) is 0 Å². The minimum atomic E-state index is -0.109. The van der Waals surface area contributed by atoms with Crippen molar-refractivity contribution in [2.75, 3.05) is 24.3 Å². The lowest BCUT2D eigenvalue weighted by Gasteiger charge is -2.18. The lowest BCUT2D eigenvalue weighted by atomic mass is 10.2. The van der Waals surface area contributed by atoms with Gasteiger partial charge in [0.15, 0.2) is 16.7 Å². The fraction of sp³-hybridized carbons (Fsp3) is 0.357. The van der Waals surface area contributed by atoms with E-state index in [0.29, 0.717) is 30.4 Å². The molecule has 0 aliphatic carbocycles. The molecule has 3 rings (SSSR count). The quantitative estimate of drug-likeness (QED) is 0.863. The zero-order valence-electron chi connectivity index (χ0n) is 12.3. The number of nitrogens with one attached hydrogen (secondary N) is 1. The maximum Gasteiger partial charge on any atom is 0.234 e. The molecule has 1 aromatic heterocycles. The van der Waals surface area contributed by atoms with E-state index in [4.69, 9.17) is 9.47 Å². The zero-order valence-corrected chi connectivity index (χ0v) is 13.1. The Morgan fingerprint density at radius 3 is 2.82 bits per heavy atom. The third kappa shape index (κ3) is 3.16. The summed E-state index contributed by atoms with van der Waals surface area (Å²) in [5.41, 5.74) is 0.684. The second-order valence-electron chi connectivity index (χ2n) is 4.78. The Hall–Kier alpha value is -2.22. The molecule has 116 valence electrons. The van der Waals surface area contributed by atoms with Crippen LogP contribution in [0.3, 0.4) is 0 Å². The molecule has 1 amide bonds. The summed E-state index contributed by atoms with van der Waals surface area (Å²) in [6.45, 7) is 2.94. The molecule has 1 aromatic carbocycles. The van der Waals surface area contributed by atoms with Crippen molar-refractivity contribution in [3.05, 3.63) is 24.0 Å². The average molecular weight is 320 g/mol. The number of aryl methyl sites for hydroxylation is 1. The van der Waals surface area contributed by atoms with Gasteiger partial charge in [-0.2, -0.15) is 0 Å². The number of ether oxygens (including phenoxy) is 2. The minimum absolute atomic E-state index is 0.109. The van der Waals surface area contributed by atoms with Crippen molar-refractivity contribution >= 4 is 23.4 Å². The fourth-order valence-electron chi connectivity index (χ4n) is 1.96. The van der Waals surface area contributed by atoms with Crippen LogP contribution in [0.25, 0.3) is 0 Å². The normalized spacial score (nSPS) is 13.0. The van der Waals surface area contributed by atoms with Gasteiger partial charge in [0.1, 0.15) is 19.0 Å². The number of amides is 1. The van der Waals surface area contributed by atoms with Gasteiger partial charge in [0.05, 0.1) is 5.75 Å². The monoisotopic (exact) mass is 320 g/mol. The molecule has 8 heteroatoms. The van der Waals surface area contributed by atoms with E-state index >= 15 is 0 Å². The molecule has 0 atom stereocenters. The maximum absolute atomic E-state index is 12.0. The first-order chi connectivity index (χ1) is 10.6. The van der Waals surface area contributed by atoms with Gasteiger partial charge < -0.3 is 19.4 Å². The molecule has 0 fully saturated rings. The predicted octanol–water partition coefficient (Wildman–Crippen LogP) is 1.63. The van der Waals surface area contributed by atoms with Gasteiger partial charge in [-0.05, 0) is 19.1 Å². The number of hydrogen-bond acceptors (Lipinski definition) is 6. The van der Waals surface area contributed by atoms with Crippen LogP contribution in [0.5, 0.6) is 11.5 Å². The summed E-state index contributed by atoms with van der Waals surface area (Å²) in [5, 5.41) is 11.5. The molecule has 1 aliphatic heterocycles. The molecule has 22 heavy (non-hydrogen) atoms. The lowest BCUT2D eigenvalue weighted by Crippen LogP contribution is -2.17. The molecule has 7 nitrogen and oxygen atoms in total. The molecule has 0 saturated carbocycles. The first kappa shape index (κ1) is 14.7. The number of carbonyl (C=O) groups is 1. The Balaban J connectivity index is 1.58. The van der Waals surface area contributed by atoms with E-state index in [1.165, 1.54) is 11.8 Å². The second-order valence-corrected chi connectivity index (χ2v) is 5.73. The van der Waals surface area contributed by atoms with E-state index < -0.39 is 0 Å². The molecule has 0 saturated heterocycles. The molecule has 2 heterocycles. The molecule has 2 aromatic rings. The van der Waals surface area contributed by atoms with Crippen molar-refractivity contribution < 1.29 is 14.3 Å². The van der Waals surface area contributed by atoms with E-state index in [9.17, 15) is 4.79 Å². The number of benzene rings is 1. The number of aromatic nitrogens is 3. The summed E-state index contributed by atoms with van der Waals surface area (Å²) in [5.74, 6) is 2.33. The highest BCUT2D eigenvalue weighted by molar-refractivity contribution is 7.99. The number of anilines is 1. The van der Waals surface area contributed by atoms with Crippen molar-refractivity contribution in [2.45, 2.75) is 12.1 Å². The van der Waals surface area contributed by atoms with Gasteiger partial charge in [0.2, 0.25) is 5.91 Å². The van der Waals surface area contributed by atoms with Crippen LogP contribution in [0.15, 0.2) is 23.4 Å². The van der Waals surface area contributed by atoms with Crippen LogP contribution >= 0.6 is 11.8 Å². The summed E-state index contributed by atoms with van der Waals surface area (Å²) in [4.78, 5) is 12.0. The SMILES string of the molecule is Cc1nnc(SCC(=O)Nc2ccc3c(c2)OCCO3)n1C. The summed E-state index contributed by atoms with van der Waals surface area (Å²) < 4.78 is 12.8. The Labute approximate surface area is 132 Å². The van der Waals surface area contributed by atoms with Gasteiger partial charge in [-0.1, -0.05) is 11.8 Å². The number of nitrogens with zero attached hydrogens (tertiary/aromatic N) is 3. The van der Waals surface area contributed by atoms with Crippen molar-refractivity contribution in [2.24, 2.45) is 7.05 Å². The summed E-state index contributed by atoms with van der Waals surface area (Å²) >= 11 is 1.35. The van der Waals surface area contributed by atoms with Gasteiger partial charge in [0, 0.05) is 18.8 Å². The average Bonchev–Trinajstić information content (AvgIpc) is 2.84. The maximum atomic E-state index is 12.0. The molecule has 0 radical (unpaired) electrons. The molecule has 1 aliphatic rings. The van der Waals surface area contributed by atoms with Crippen LogP contribution in [0.4, 0.5) is 5.69 Å². The first-order valence-electron chi connectivity index (χ1n) is 6.82. The van der Waals surface area contributed by atoms with Crippen LogP contribution in [0.2, 0.25) is 0 Å². The van der Waals surface area contributed by atoms with E-state index in [1.807, 2.05) is 18.5 Å². The lowest BCUT2D eigenvalue weighted by molar-refractivity contribution is -0.113. The highest BCUT2D eigenvalue weighted by Crippen LogP contribution is 2.32. The minimum Gasteiger partial charge on any atom is -0.486 e. The highest BCUT2D eigenvalue weighted by Gasteiger charge is 2.13. The zero-order chi connectivity index (χ0) is 15.5. The first-order valence-corrected chi connectivity index (χ1v) is 7.80. The van der Waals surface area contributed by atoms with Gasteiger partial charge >= 0.3 is 0 Å². The van der Waals surface area contributed by atoms with Gasteiger partial charge in [0.25, 0.3) is 0 Å². The van der Waals surface area contributed by atoms with Crippen LogP contribution < -0.4 is 14.8 Å². The smallest absolute Gasteiger partial charge is 0.234 e. The molecule has 0 spiro atoms. The van der Waals surface area contributed by atoms with E-state index in [0.717, 1.165) is 11.0 Å². The highest BCUT2D eigenvalue weighted by atomic mass is 32.2. The predicted molar refractivity (Wildman–Crippen MR) is 82.5 cm³/mol. The summed E-state index contributed by atoms with van der Waals surface area (Å²) in [6, 6.07) is 5.36. The van der Waals surface area contributed by atoms with Crippen LogP contribution in [0.1, 0.15) is 5.82 Å². The Bertz CT molecular complexity index is 701. The van der Waals surface area contributed by atoms with Crippen molar-refractivity contribution in [1.82, 2.24) is 14.8 Å².